The highest BCUT2D eigenvalue weighted by atomic mass is 35.5. The van der Waals surface area contributed by atoms with Crippen molar-refractivity contribution < 1.29 is 9.18 Å². The monoisotopic (exact) mass is 492 g/mol. The molecule has 5 aromatic rings. The van der Waals surface area contributed by atoms with Crippen molar-refractivity contribution in [1.29, 1.82) is 0 Å². The van der Waals surface area contributed by atoms with Gasteiger partial charge in [0.2, 0.25) is 0 Å². The van der Waals surface area contributed by atoms with E-state index in [4.69, 9.17) is 11.6 Å². The van der Waals surface area contributed by atoms with Gasteiger partial charge in [-0.15, -0.1) is 0 Å². The molecular formula is C22H18ClFN10O. The second kappa shape index (κ2) is 9.43. The van der Waals surface area contributed by atoms with E-state index in [1.807, 2.05) is 18.2 Å². The molecule has 176 valence electrons. The van der Waals surface area contributed by atoms with Crippen LogP contribution in [0.15, 0.2) is 55.1 Å². The molecule has 0 saturated heterocycles. The van der Waals surface area contributed by atoms with Crippen LogP contribution in [0.25, 0.3) is 22.4 Å². The molecule has 13 heteroatoms. The third-order valence-electron chi connectivity index (χ3n) is 5.04. The molecule has 11 nitrogen and oxygen atoms in total. The van der Waals surface area contributed by atoms with Gasteiger partial charge in [-0.3, -0.25) is 9.97 Å². The smallest absolute Gasteiger partial charge is 0.315 e. The van der Waals surface area contributed by atoms with E-state index >= 15 is 0 Å². The number of rotatable bonds is 6. The lowest BCUT2D eigenvalue weighted by atomic mass is 10.3. The zero-order valence-corrected chi connectivity index (χ0v) is 19.1. The third kappa shape index (κ3) is 4.77. The van der Waals surface area contributed by atoms with Crippen LogP contribution in [0.3, 0.4) is 0 Å². The van der Waals surface area contributed by atoms with Crippen molar-refractivity contribution in [2.45, 2.75) is 20.0 Å². The minimum absolute atomic E-state index is 0.00761. The molecule has 0 aliphatic rings. The van der Waals surface area contributed by atoms with Crippen molar-refractivity contribution in [2.75, 3.05) is 0 Å². The van der Waals surface area contributed by atoms with Gasteiger partial charge in [-0.05, 0) is 37.3 Å². The molecule has 0 aliphatic heterocycles. The Morgan fingerprint density at radius 3 is 2.66 bits per heavy atom. The maximum absolute atomic E-state index is 13.9. The van der Waals surface area contributed by atoms with Gasteiger partial charge in [0.05, 0.1) is 46.7 Å². The number of urea groups is 1. The maximum atomic E-state index is 13.9. The summed E-state index contributed by atoms with van der Waals surface area (Å²) in [4.78, 5) is 29.7. The molecular weight excluding hydrogens is 475 g/mol. The molecule has 0 radical (unpaired) electrons. The molecule has 0 aliphatic carbocycles. The fraction of sp³-hybridized carbons (Fsp3) is 0.136. The van der Waals surface area contributed by atoms with Crippen molar-refractivity contribution in [1.82, 2.24) is 50.1 Å². The van der Waals surface area contributed by atoms with Gasteiger partial charge in [0.1, 0.15) is 18.0 Å². The van der Waals surface area contributed by atoms with Crippen molar-refractivity contribution in [3.8, 4) is 11.4 Å². The molecule has 2 N–H and O–H groups in total. The first-order valence-corrected chi connectivity index (χ1v) is 10.9. The molecule has 0 unspecified atom stereocenters. The lowest BCUT2D eigenvalue weighted by Crippen LogP contribution is -2.36. The minimum atomic E-state index is -0.574. The number of nitrogens with one attached hydrogen (secondary N) is 2. The molecule has 0 spiro atoms. The first-order chi connectivity index (χ1) is 17.0. The third-order valence-corrected chi connectivity index (χ3v) is 5.35. The van der Waals surface area contributed by atoms with E-state index in [1.165, 1.54) is 23.1 Å². The van der Waals surface area contributed by atoms with Crippen LogP contribution in [0, 0.1) is 12.7 Å². The SMILES string of the molecule is Cc1nc(CNC(=O)NCc2ncnn2-c2cnc3cccnc3c2)n(-c2ccc(Cl)c(F)c2)n1. The fourth-order valence-corrected chi connectivity index (χ4v) is 3.56. The highest BCUT2D eigenvalue weighted by molar-refractivity contribution is 6.30. The van der Waals surface area contributed by atoms with Crippen molar-refractivity contribution >= 4 is 28.7 Å². The topological polar surface area (TPSA) is 128 Å². The van der Waals surface area contributed by atoms with Crippen LogP contribution in [0.2, 0.25) is 5.02 Å². The van der Waals surface area contributed by atoms with E-state index in [0.717, 1.165) is 11.0 Å². The van der Waals surface area contributed by atoms with E-state index in [9.17, 15) is 9.18 Å². The Hall–Kier alpha value is -4.45. The Kier molecular flexibility index (Phi) is 6.02. The number of hydrogen-bond donors (Lipinski definition) is 2. The van der Waals surface area contributed by atoms with E-state index in [2.05, 4.69) is 40.8 Å². The van der Waals surface area contributed by atoms with Gasteiger partial charge in [0, 0.05) is 12.3 Å². The molecule has 0 bridgehead atoms. The Morgan fingerprint density at radius 2 is 1.83 bits per heavy atom. The van der Waals surface area contributed by atoms with Gasteiger partial charge in [0.15, 0.2) is 11.6 Å². The van der Waals surface area contributed by atoms with Gasteiger partial charge >= 0.3 is 6.03 Å². The number of pyridine rings is 2. The predicted octanol–water partition coefficient (Wildman–Crippen LogP) is 2.89. The second-order valence-corrected chi connectivity index (χ2v) is 7.85. The normalized spacial score (nSPS) is 11.1. The summed E-state index contributed by atoms with van der Waals surface area (Å²) in [6, 6.07) is 9.38. The minimum Gasteiger partial charge on any atom is -0.331 e. The van der Waals surface area contributed by atoms with Gasteiger partial charge in [-0.25, -0.2) is 28.5 Å². The second-order valence-electron chi connectivity index (χ2n) is 7.44. The number of aromatic nitrogens is 8. The van der Waals surface area contributed by atoms with E-state index in [1.54, 1.807) is 30.1 Å². The number of benzene rings is 1. The van der Waals surface area contributed by atoms with Crippen LogP contribution in [0.1, 0.15) is 17.5 Å². The van der Waals surface area contributed by atoms with E-state index < -0.39 is 11.8 Å². The van der Waals surface area contributed by atoms with Gasteiger partial charge in [-0.2, -0.15) is 10.2 Å². The Labute approximate surface area is 203 Å². The number of amides is 2. The fourth-order valence-electron chi connectivity index (χ4n) is 3.44. The zero-order valence-electron chi connectivity index (χ0n) is 18.4. The van der Waals surface area contributed by atoms with Crippen LogP contribution in [-0.2, 0) is 13.1 Å². The summed E-state index contributed by atoms with van der Waals surface area (Å²) in [5.74, 6) is 0.838. The van der Waals surface area contributed by atoms with Crippen LogP contribution in [0.5, 0.6) is 0 Å². The first kappa shape index (κ1) is 22.3. The molecule has 0 atom stereocenters. The predicted molar refractivity (Wildman–Crippen MR) is 125 cm³/mol. The number of carbonyl (C=O) groups excluding carboxylic acids is 1. The van der Waals surface area contributed by atoms with Crippen molar-refractivity contribution in [3.63, 3.8) is 0 Å². The number of carbonyl (C=O) groups is 1. The summed E-state index contributed by atoms with van der Waals surface area (Å²) in [6.45, 7) is 1.88. The van der Waals surface area contributed by atoms with E-state index in [0.29, 0.717) is 28.8 Å². The number of aryl methyl sites for hydroxylation is 1. The largest absolute Gasteiger partial charge is 0.331 e. The van der Waals surface area contributed by atoms with Crippen LogP contribution in [-0.4, -0.2) is 45.5 Å². The van der Waals surface area contributed by atoms with Crippen molar-refractivity contribution in [2.24, 2.45) is 0 Å². The lowest BCUT2D eigenvalue weighted by Gasteiger charge is -2.10. The maximum Gasteiger partial charge on any atom is 0.315 e. The summed E-state index contributed by atoms with van der Waals surface area (Å²) >= 11 is 5.77. The molecule has 4 aromatic heterocycles. The average molecular weight is 493 g/mol. The van der Waals surface area contributed by atoms with Crippen LogP contribution >= 0.6 is 11.6 Å². The Balaban J connectivity index is 1.24. The average Bonchev–Trinajstić information content (AvgIpc) is 3.49. The van der Waals surface area contributed by atoms with Crippen LogP contribution in [0.4, 0.5) is 9.18 Å². The zero-order chi connectivity index (χ0) is 24.4. The first-order valence-electron chi connectivity index (χ1n) is 10.5. The van der Waals surface area contributed by atoms with E-state index in [-0.39, 0.29) is 18.1 Å². The number of fused-ring (bicyclic) bond motifs is 1. The molecule has 2 amide bonds. The quantitative estimate of drug-likeness (QED) is 0.373. The lowest BCUT2D eigenvalue weighted by molar-refractivity contribution is 0.239. The highest BCUT2D eigenvalue weighted by Crippen LogP contribution is 2.19. The van der Waals surface area contributed by atoms with Crippen LogP contribution < -0.4 is 10.6 Å². The standard InChI is InChI=1S/C22H18ClFN10O/c1-13-31-21(34(32-13)14-4-5-16(23)17(24)7-14)11-28-22(35)27-10-20-29-12-30-33(20)15-8-19-18(26-9-15)3-2-6-25-19/h2-9,12H,10-11H2,1H3,(H2,27,28,35). The highest BCUT2D eigenvalue weighted by Gasteiger charge is 2.14. The van der Waals surface area contributed by atoms with Crippen molar-refractivity contribution in [3.05, 3.63) is 83.4 Å². The summed E-state index contributed by atoms with van der Waals surface area (Å²) in [7, 11) is 0. The molecule has 0 fully saturated rings. The molecule has 0 saturated carbocycles. The molecule has 35 heavy (non-hydrogen) atoms. The Bertz CT molecular complexity index is 1530. The van der Waals surface area contributed by atoms with Gasteiger partial charge < -0.3 is 10.6 Å². The summed E-state index contributed by atoms with van der Waals surface area (Å²) in [6.07, 6.45) is 4.75. The number of hydrogen-bond acceptors (Lipinski definition) is 7. The number of nitrogens with zero attached hydrogens (tertiary/aromatic N) is 8. The van der Waals surface area contributed by atoms with Gasteiger partial charge in [-0.1, -0.05) is 11.6 Å². The summed E-state index contributed by atoms with van der Waals surface area (Å²) < 4.78 is 16.9. The molecule has 1 aromatic carbocycles. The summed E-state index contributed by atoms with van der Waals surface area (Å²) in [5, 5.41) is 14.0. The molecule has 4 heterocycles. The Morgan fingerprint density at radius 1 is 1.00 bits per heavy atom. The molecule has 5 rings (SSSR count). The summed E-state index contributed by atoms with van der Waals surface area (Å²) in [5.41, 5.74) is 2.60. The number of halogens is 2. The van der Waals surface area contributed by atoms with Gasteiger partial charge in [0.25, 0.3) is 0 Å².